The van der Waals surface area contributed by atoms with Gasteiger partial charge in [0.15, 0.2) is 6.10 Å². The number of H-pyrrole nitrogens is 2. The minimum Gasteiger partial charge on any atom is -0.453 e. The zero-order valence-corrected chi connectivity index (χ0v) is 29.5. The molecule has 2 aliphatic rings. The summed E-state index contributed by atoms with van der Waals surface area (Å²) in [6, 6.07) is 15.1. The van der Waals surface area contributed by atoms with Gasteiger partial charge >= 0.3 is 12.2 Å². The van der Waals surface area contributed by atoms with Crippen molar-refractivity contribution in [3.05, 3.63) is 72.6 Å². The number of primary amides is 1. The van der Waals surface area contributed by atoms with Crippen LogP contribution in [0.1, 0.15) is 62.8 Å². The lowest BCUT2D eigenvalue weighted by Gasteiger charge is -2.27. The van der Waals surface area contributed by atoms with Crippen LogP contribution in [-0.4, -0.2) is 99.8 Å². The molecule has 4 aromatic rings. The number of nitrogens with zero attached hydrogens (tertiary/aromatic N) is 4. The number of aromatic amines is 2. The Bertz CT molecular complexity index is 1870. The molecule has 5 N–H and O–H groups in total. The number of aromatic nitrogens is 4. The van der Waals surface area contributed by atoms with Gasteiger partial charge in [0, 0.05) is 26.6 Å². The summed E-state index contributed by atoms with van der Waals surface area (Å²) in [5.41, 5.74) is 10.9. The highest BCUT2D eigenvalue weighted by molar-refractivity contribution is 5.86. The summed E-state index contributed by atoms with van der Waals surface area (Å²) in [5.74, 6) is 0.892. The van der Waals surface area contributed by atoms with E-state index in [0.717, 1.165) is 59.3 Å². The number of hydrogen-bond acceptors (Lipinski definition) is 9. The van der Waals surface area contributed by atoms with Crippen LogP contribution in [0.5, 0.6) is 0 Å². The molecule has 6 rings (SSSR count). The summed E-state index contributed by atoms with van der Waals surface area (Å²) in [6.07, 6.45) is 4.26. The number of imidazole rings is 2. The van der Waals surface area contributed by atoms with Crippen LogP contribution >= 0.6 is 0 Å². The Kier molecular flexibility index (Phi) is 11.2. The average Bonchev–Trinajstić information content (AvgIpc) is 3.99. The van der Waals surface area contributed by atoms with Crippen molar-refractivity contribution in [1.82, 2.24) is 35.1 Å². The number of amides is 4. The third-order valence-electron chi connectivity index (χ3n) is 9.63. The zero-order valence-electron chi connectivity index (χ0n) is 29.5. The summed E-state index contributed by atoms with van der Waals surface area (Å²) < 4.78 is 14.8. The maximum Gasteiger partial charge on any atom is 0.407 e. The van der Waals surface area contributed by atoms with Crippen molar-refractivity contribution in [2.75, 3.05) is 33.9 Å². The van der Waals surface area contributed by atoms with Gasteiger partial charge < -0.3 is 45.0 Å². The van der Waals surface area contributed by atoms with Crippen molar-refractivity contribution in [3.8, 4) is 33.6 Å². The predicted molar refractivity (Wildman–Crippen MR) is 190 cm³/mol. The Balaban J connectivity index is 1.09. The number of hydrogen-bond donors (Lipinski definition) is 4. The van der Waals surface area contributed by atoms with E-state index < -0.39 is 24.3 Å². The lowest BCUT2D eigenvalue weighted by Crippen LogP contribution is -2.46. The maximum absolute atomic E-state index is 13.3. The molecule has 0 spiro atoms. The Hall–Kier alpha value is -5.70. The molecule has 0 bridgehead atoms. The summed E-state index contributed by atoms with van der Waals surface area (Å²) in [4.78, 5) is 69.0. The first kappa shape index (κ1) is 36.1. The molecule has 0 unspecified atom stereocenters. The monoisotopic (exact) mass is 712 g/mol. The molecule has 0 aliphatic carbocycles. The molecule has 0 radical (unpaired) electrons. The summed E-state index contributed by atoms with van der Waals surface area (Å²) in [6.45, 7) is 3.01. The van der Waals surface area contributed by atoms with E-state index in [1.54, 1.807) is 29.1 Å². The predicted octanol–water partition coefficient (Wildman–Crippen LogP) is 4.71. The molecule has 0 saturated carbocycles. The van der Waals surface area contributed by atoms with Gasteiger partial charge in [0.1, 0.15) is 17.7 Å². The number of ether oxygens (including phenoxy) is 3. The Morgan fingerprint density at radius 1 is 0.808 bits per heavy atom. The lowest BCUT2D eigenvalue weighted by molar-refractivity contribution is -0.142. The first-order chi connectivity index (χ1) is 25.2. The zero-order chi connectivity index (χ0) is 36.8. The molecule has 4 amide bonds. The topological polar surface area (TPSA) is 198 Å². The number of rotatable bonds is 12. The van der Waals surface area contributed by atoms with Crippen molar-refractivity contribution in [3.63, 3.8) is 0 Å². The van der Waals surface area contributed by atoms with Crippen LogP contribution in [0.15, 0.2) is 60.9 Å². The van der Waals surface area contributed by atoms with Crippen LogP contribution in [0.25, 0.3) is 33.6 Å². The second-order valence-electron chi connectivity index (χ2n) is 13.0. The largest absolute Gasteiger partial charge is 0.453 e. The van der Waals surface area contributed by atoms with Gasteiger partial charge in [-0.3, -0.25) is 9.59 Å². The number of benzene rings is 2. The van der Waals surface area contributed by atoms with E-state index in [-0.39, 0.29) is 36.9 Å². The van der Waals surface area contributed by atoms with Gasteiger partial charge in [-0.15, -0.1) is 0 Å². The summed E-state index contributed by atoms with van der Waals surface area (Å²) in [5, 5.41) is 2.55. The first-order valence-electron chi connectivity index (χ1n) is 17.4. The van der Waals surface area contributed by atoms with Gasteiger partial charge in [-0.1, -0.05) is 48.5 Å². The Morgan fingerprint density at radius 2 is 1.29 bits per heavy atom. The molecule has 274 valence electrons. The van der Waals surface area contributed by atoms with Gasteiger partial charge in [0.25, 0.3) is 5.91 Å². The smallest absolute Gasteiger partial charge is 0.407 e. The third-order valence-corrected chi connectivity index (χ3v) is 9.63. The van der Waals surface area contributed by atoms with E-state index in [4.69, 9.17) is 15.2 Å². The fourth-order valence-corrected chi connectivity index (χ4v) is 6.95. The fraction of sp³-hybridized carbons (Fsp3) is 0.405. The number of carbonyl (C=O) groups excluding carboxylic acids is 4. The van der Waals surface area contributed by atoms with Crippen LogP contribution < -0.4 is 11.1 Å². The summed E-state index contributed by atoms with van der Waals surface area (Å²) >= 11 is 0. The minimum absolute atomic E-state index is 0.178. The quantitative estimate of drug-likeness (QED) is 0.161. The molecule has 15 heteroatoms. The SMILES string of the molecule is COCC[C@H](OC(N)=O)C(=O)N1CCC[C@H]1c1ncc(-c2ccc(-c3ccc(-c4cnc([C@@H]5CCCN5C(=O)[C@H](C)NC(=O)OC)[nH]4)cc3)cc2)[nH]1. The number of likely N-dealkylation sites (tertiary alicyclic amines) is 2. The van der Waals surface area contributed by atoms with E-state index >= 15 is 0 Å². The molecular weight excluding hydrogens is 668 g/mol. The van der Waals surface area contributed by atoms with Gasteiger partial charge in [0.2, 0.25) is 5.91 Å². The van der Waals surface area contributed by atoms with Crippen LogP contribution in [-0.2, 0) is 23.8 Å². The van der Waals surface area contributed by atoms with E-state index in [1.807, 2.05) is 36.4 Å². The van der Waals surface area contributed by atoms with Crippen molar-refractivity contribution >= 4 is 24.0 Å². The Morgan fingerprint density at radius 3 is 1.75 bits per heavy atom. The van der Waals surface area contributed by atoms with Crippen LogP contribution in [0.2, 0.25) is 0 Å². The van der Waals surface area contributed by atoms with Gasteiger partial charge in [0.05, 0.1) is 49.6 Å². The highest BCUT2D eigenvalue weighted by atomic mass is 16.6. The number of nitrogens with one attached hydrogen (secondary N) is 3. The van der Waals surface area contributed by atoms with Crippen molar-refractivity contribution in [2.24, 2.45) is 5.73 Å². The average molecular weight is 713 g/mol. The highest BCUT2D eigenvalue weighted by Gasteiger charge is 2.37. The van der Waals surface area contributed by atoms with Crippen LogP contribution in [0.4, 0.5) is 9.59 Å². The molecular formula is C37H44N8O7. The highest BCUT2D eigenvalue weighted by Crippen LogP contribution is 2.35. The second kappa shape index (κ2) is 16.1. The number of nitrogens with two attached hydrogens (primary N) is 1. The number of alkyl carbamates (subject to hydrolysis) is 1. The molecule has 2 aliphatic heterocycles. The second-order valence-corrected chi connectivity index (χ2v) is 13.0. The van der Waals surface area contributed by atoms with Gasteiger partial charge in [-0.05, 0) is 54.9 Å². The normalized spacial score (nSPS) is 18.2. The Labute approximate surface area is 301 Å². The number of methoxy groups -OCH3 is 2. The molecule has 4 atom stereocenters. The molecule has 2 saturated heterocycles. The van der Waals surface area contributed by atoms with E-state index in [1.165, 1.54) is 14.2 Å². The fourth-order valence-electron chi connectivity index (χ4n) is 6.95. The first-order valence-corrected chi connectivity index (χ1v) is 17.4. The van der Waals surface area contributed by atoms with Gasteiger partial charge in [-0.25, -0.2) is 19.6 Å². The maximum atomic E-state index is 13.3. The number of carbonyl (C=O) groups is 4. The molecule has 4 heterocycles. The van der Waals surface area contributed by atoms with Crippen molar-refractivity contribution < 1.29 is 33.4 Å². The van der Waals surface area contributed by atoms with Crippen LogP contribution in [0.3, 0.4) is 0 Å². The van der Waals surface area contributed by atoms with E-state index in [2.05, 4.69) is 42.1 Å². The lowest BCUT2D eigenvalue weighted by atomic mass is 10.0. The third kappa shape index (κ3) is 7.94. The van der Waals surface area contributed by atoms with E-state index in [9.17, 15) is 19.2 Å². The minimum atomic E-state index is -1.01. The standard InChI is InChI=1S/C37H44N8O7/c1-22(41-37(49)51-3)34(46)44-17-4-6-29(44)32-39-20-27(42-32)25-12-8-23(9-13-25)24-10-14-26(15-11-24)28-21-40-33(43-28)30-7-5-18-45(30)35(47)31(16-19-50-2)52-36(38)48/h8-15,20-22,29-31H,4-7,16-19H2,1-3H3,(H2,38,48)(H,39,42)(H,40,43)(H,41,49)/t22-,29-,30-,31-/m0/s1. The molecule has 2 aromatic heterocycles. The molecule has 52 heavy (non-hydrogen) atoms. The van der Waals surface area contributed by atoms with Crippen molar-refractivity contribution in [2.45, 2.75) is 63.3 Å². The molecule has 15 nitrogen and oxygen atoms in total. The van der Waals surface area contributed by atoms with Crippen LogP contribution in [0, 0.1) is 0 Å². The summed E-state index contributed by atoms with van der Waals surface area (Å²) in [7, 11) is 2.78. The van der Waals surface area contributed by atoms with E-state index in [0.29, 0.717) is 24.7 Å². The molecule has 2 aromatic carbocycles. The molecule has 2 fully saturated rings. The van der Waals surface area contributed by atoms with Crippen molar-refractivity contribution in [1.29, 1.82) is 0 Å². The van der Waals surface area contributed by atoms with Gasteiger partial charge in [-0.2, -0.15) is 0 Å².